The Bertz CT molecular complexity index is 468. The molecular weight excluding hydrogens is 278 g/mol. The first kappa shape index (κ1) is 15.9. The summed E-state index contributed by atoms with van der Waals surface area (Å²) in [6, 6.07) is 4.66. The lowest BCUT2D eigenvalue weighted by molar-refractivity contribution is -0.144. The molecule has 2 fully saturated rings. The maximum Gasteiger partial charge on any atom is 0.117 e. The van der Waals surface area contributed by atoms with Crippen LogP contribution in [-0.4, -0.2) is 72.4 Å². The largest absolute Gasteiger partial charge is 0.377 e. The van der Waals surface area contributed by atoms with Crippen molar-refractivity contribution >= 4 is 0 Å². The molecule has 1 aromatic rings. The fourth-order valence-electron chi connectivity index (χ4n) is 3.37. The van der Waals surface area contributed by atoms with Gasteiger partial charge in [-0.15, -0.1) is 0 Å². The van der Waals surface area contributed by atoms with E-state index in [0.29, 0.717) is 12.6 Å². The van der Waals surface area contributed by atoms with Gasteiger partial charge in [0.25, 0.3) is 0 Å². The summed E-state index contributed by atoms with van der Waals surface area (Å²) in [4.78, 5) is 9.15. The Hall–Kier alpha value is -1.01. The van der Waals surface area contributed by atoms with E-state index in [1.165, 1.54) is 5.56 Å². The lowest BCUT2D eigenvalue weighted by atomic mass is 10.0. The highest BCUT2D eigenvalue weighted by Gasteiger charge is 2.40. The van der Waals surface area contributed by atoms with Crippen molar-refractivity contribution in [1.29, 1.82) is 0 Å². The number of aromatic nitrogens is 1. The van der Waals surface area contributed by atoms with Gasteiger partial charge >= 0.3 is 0 Å². The van der Waals surface area contributed by atoms with Crippen LogP contribution in [0.15, 0.2) is 24.5 Å². The highest BCUT2D eigenvalue weighted by molar-refractivity contribution is 5.09. The quantitative estimate of drug-likeness (QED) is 0.844. The van der Waals surface area contributed by atoms with Gasteiger partial charge in [0, 0.05) is 51.2 Å². The zero-order valence-electron chi connectivity index (χ0n) is 13.7. The number of hydrogen-bond acceptors (Lipinski definition) is 5. The first-order chi connectivity index (χ1) is 10.7. The van der Waals surface area contributed by atoms with E-state index in [0.717, 1.165) is 45.9 Å². The first-order valence-electron chi connectivity index (χ1n) is 8.24. The van der Waals surface area contributed by atoms with E-state index in [1.807, 2.05) is 18.5 Å². The molecule has 0 saturated carbocycles. The van der Waals surface area contributed by atoms with Crippen molar-refractivity contribution in [3.8, 4) is 0 Å². The third-order valence-corrected chi connectivity index (χ3v) is 4.57. The molecule has 0 aromatic carbocycles. The SMILES string of the molecule is CC(C)N1CCOC[C@@]2(CN(Cc3cccnc3)CCO2)C1. The van der Waals surface area contributed by atoms with Crippen LogP contribution in [0.2, 0.25) is 0 Å². The molecule has 0 unspecified atom stereocenters. The van der Waals surface area contributed by atoms with Crippen molar-refractivity contribution < 1.29 is 9.47 Å². The number of hydrogen-bond donors (Lipinski definition) is 0. The van der Waals surface area contributed by atoms with Gasteiger partial charge in [-0.2, -0.15) is 0 Å². The summed E-state index contributed by atoms with van der Waals surface area (Å²) in [7, 11) is 0. The molecule has 3 heterocycles. The van der Waals surface area contributed by atoms with Crippen molar-refractivity contribution in [3.63, 3.8) is 0 Å². The van der Waals surface area contributed by atoms with Crippen molar-refractivity contribution in [2.75, 3.05) is 46.0 Å². The lowest BCUT2D eigenvalue weighted by Gasteiger charge is -2.44. The Morgan fingerprint density at radius 1 is 1.27 bits per heavy atom. The fourth-order valence-corrected chi connectivity index (χ4v) is 3.37. The molecule has 0 bridgehead atoms. The van der Waals surface area contributed by atoms with Crippen LogP contribution in [0.25, 0.3) is 0 Å². The van der Waals surface area contributed by atoms with E-state index < -0.39 is 0 Å². The number of rotatable bonds is 3. The van der Waals surface area contributed by atoms with Crippen LogP contribution >= 0.6 is 0 Å². The monoisotopic (exact) mass is 305 g/mol. The topological polar surface area (TPSA) is 37.8 Å². The van der Waals surface area contributed by atoms with Gasteiger partial charge in [0.15, 0.2) is 0 Å². The molecule has 0 N–H and O–H groups in total. The standard InChI is InChI=1S/C17H27N3O2/c1-15(2)20-7-8-21-14-17(13-20)12-19(6-9-22-17)11-16-4-3-5-18-10-16/h3-5,10,15H,6-9,11-14H2,1-2H3/t17-/m1/s1. The van der Waals surface area contributed by atoms with E-state index in [4.69, 9.17) is 9.47 Å². The molecule has 0 aliphatic carbocycles. The average Bonchev–Trinajstić information content (AvgIpc) is 2.71. The van der Waals surface area contributed by atoms with E-state index in [2.05, 4.69) is 34.7 Å². The van der Waals surface area contributed by atoms with E-state index in [9.17, 15) is 0 Å². The minimum absolute atomic E-state index is 0.193. The first-order valence-corrected chi connectivity index (χ1v) is 8.24. The molecule has 1 atom stereocenters. The van der Waals surface area contributed by atoms with E-state index in [-0.39, 0.29) is 5.60 Å². The van der Waals surface area contributed by atoms with Crippen LogP contribution in [0.5, 0.6) is 0 Å². The lowest BCUT2D eigenvalue weighted by Crippen LogP contribution is -2.59. The molecule has 2 aliphatic rings. The van der Waals surface area contributed by atoms with Crippen molar-refractivity contribution in [1.82, 2.24) is 14.8 Å². The smallest absolute Gasteiger partial charge is 0.117 e. The van der Waals surface area contributed by atoms with Crippen molar-refractivity contribution in [2.24, 2.45) is 0 Å². The van der Waals surface area contributed by atoms with Crippen LogP contribution < -0.4 is 0 Å². The van der Waals surface area contributed by atoms with Gasteiger partial charge in [0.2, 0.25) is 0 Å². The molecule has 0 radical (unpaired) electrons. The third-order valence-electron chi connectivity index (χ3n) is 4.57. The van der Waals surface area contributed by atoms with Crippen LogP contribution in [-0.2, 0) is 16.0 Å². The number of pyridine rings is 1. The summed E-state index contributed by atoms with van der Waals surface area (Å²) < 4.78 is 12.1. The summed E-state index contributed by atoms with van der Waals surface area (Å²) >= 11 is 0. The van der Waals surface area contributed by atoms with Gasteiger partial charge in [-0.05, 0) is 25.5 Å². The van der Waals surface area contributed by atoms with Crippen LogP contribution in [0.3, 0.4) is 0 Å². The molecule has 22 heavy (non-hydrogen) atoms. The van der Waals surface area contributed by atoms with Gasteiger partial charge in [0.05, 0.1) is 19.8 Å². The number of morpholine rings is 1. The van der Waals surface area contributed by atoms with Crippen molar-refractivity contribution in [2.45, 2.75) is 32.0 Å². The minimum Gasteiger partial charge on any atom is -0.377 e. The van der Waals surface area contributed by atoms with E-state index >= 15 is 0 Å². The highest BCUT2D eigenvalue weighted by Crippen LogP contribution is 2.24. The zero-order chi connectivity index (χ0) is 15.4. The molecule has 5 nitrogen and oxygen atoms in total. The zero-order valence-corrected chi connectivity index (χ0v) is 13.7. The molecular formula is C17H27N3O2. The Morgan fingerprint density at radius 3 is 2.95 bits per heavy atom. The normalized spacial score (nSPS) is 28.1. The summed E-state index contributed by atoms with van der Waals surface area (Å²) in [5, 5.41) is 0. The minimum atomic E-state index is -0.193. The van der Waals surface area contributed by atoms with Gasteiger partial charge in [0.1, 0.15) is 5.60 Å². The average molecular weight is 305 g/mol. The molecule has 5 heteroatoms. The maximum absolute atomic E-state index is 6.21. The van der Waals surface area contributed by atoms with Gasteiger partial charge < -0.3 is 9.47 Å². The molecule has 0 amide bonds. The molecule has 2 saturated heterocycles. The Labute approximate surface area is 133 Å². The summed E-state index contributed by atoms with van der Waals surface area (Å²) in [6.07, 6.45) is 3.77. The predicted molar refractivity (Wildman–Crippen MR) is 85.7 cm³/mol. The third kappa shape index (κ3) is 3.84. The number of nitrogens with zero attached hydrogens (tertiary/aromatic N) is 3. The molecule has 3 rings (SSSR count). The van der Waals surface area contributed by atoms with Crippen LogP contribution in [0.1, 0.15) is 19.4 Å². The summed E-state index contributed by atoms with van der Waals surface area (Å²) in [5.74, 6) is 0. The van der Waals surface area contributed by atoms with Crippen molar-refractivity contribution in [3.05, 3.63) is 30.1 Å². The molecule has 1 spiro atoms. The molecule has 122 valence electrons. The second-order valence-electron chi connectivity index (χ2n) is 6.72. The number of ether oxygens (including phenoxy) is 2. The predicted octanol–water partition coefficient (Wildman–Crippen LogP) is 1.39. The highest BCUT2D eigenvalue weighted by atomic mass is 16.5. The molecule has 1 aromatic heterocycles. The Kier molecular flexibility index (Phi) is 5.08. The second-order valence-corrected chi connectivity index (χ2v) is 6.72. The Balaban J connectivity index is 1.68. The van der Waals surface area contributed by atoms with Crippen LogP contribution in [0, 0.1) is 0 Å². The second kappa shape index (κ2) is 7.04. The maximum atomic E-state index is 6.21. The van der Waals surface area contributed by atoms with Gasteiger partial charge in [-0.25, -0.2) is 0 Å². The van der Waals surface area contributed by atoms with Gasteiger partial charge in [-0.1, -0.05) is 6.07 Å². The van der Waals surface area contributed by atoms with Gasteiger partial charge in [-0.3, -0.25) is 14.8 Å². The summed E-state index contributed by atoms with van der Waals surface area (Å²) in [6.45, 7) is 11.5. The van der Waals surface area contributed by atoms with Crippen LogP contribution in [0.4, 0.5) is 0 Å². The fraction of sp³-hybridized carbons (Fsp3) is 0.706. The van der Waals surface area contributed by atoms with E-state index in [1.54, 1.807) is 0 Å². The molecule has 2 aliphatic heterocycles. The summed E-state index contributed by atoms with van der Waals surface area (Å²) in [5.41, 5.74) is 1.07. The Morgan fingerprint density at radius 2 is 2.18 bits per heavy atom.